The molecule has 1 unspecified atom stereocenters. The molecule has 102 valence electrons. The molecular weight excluding hydrogens is 228 g/mol. The van der Waals surface area contributed by atoms with Crippen molar-refractivity contribution in [1.82, 2.24) is 0 Å². The van der Waals surface area contributed by atoms with Crippen molar-refractivity contribution in [1.29, 1.82) is 0 Å². The Bertz CT molecular complexity index is 210. The zero-order chi connectivity index (χ0) is 13.3. The number of hydrogen-bond donors (Lipinski definition) is 0. The normalized spacial score (nSPS) is 13.2. The lowest BCUT2D eigenvalue weighted by molar-refractivity contribution is -0.491. The maximum atomic E-state index is 10.9. The Kier molecular flexibility index (Phi) is 7.86. The number of ether oxygens (including phenoxy) is 2. The summed E-state index contributed by atoms with van der Waals surface area (Å²) in [6, 6.07) is 0. The summed E-state index contributed by atoms with van der Waals surface area (Å²) in [5.41, 5.74) is -0.0683. The summed E-state index contributed by atoms with van der Waals surface area (Å²) >= 11 is 0. The summed E-state index contributed by atoms with van der Waals surface area (Å²) in [5, 5.41) is 4.25. The van der Waals surface area contributed by atoms with Gasteiger partial charge in [0.05, 0.1) is 19.3 Å². The van der Waals surface area contributed by atoms with Crippen molar-refractivity contribution in [3.8, 4) is 0 Å². The fourth-order valence-corrected chi connectivity index (χ4v) is 0.703. The van der Waals surface area contributed by atoms with Gasteiger partial charge in [-0.05, 0) is 17.4 Å². The van der Waals surface area contributed by atoms with Crippen LogP contribution in [0.15, 0.2) is 0 Å². The third-order valence-corrected chi connectivity index (χ3v) is 1.79. The van der Waals surface area contributed by atoms with Gasteiger partial charge in [-0.25, -0.2) is 9.68 Å². The minimum Gasteiger partial charge on any atom is -0.432 e. The average molecular weight is 250 g/mol. The Morgan fingerprint density at radius 1 is 1.29 bits per heavy atom. The van der Waals surface area contributed by atoms with Crippen molar-refractivity contribution in [3.05, 3.63) is 0 Å². The molecule has 0 fully saturated rings. The highest BCUT2D eigenvalue weighted by Gasteiger charge is 2.13. The van der Waals surface area contributed by atoms with E-state index in [1.54, 1.807) is 7.11 Å². The van der Waals surface area contributed by atoms with E-state index in [2.05, 4.69) is 14.8 Å². The Hall–Kier alpha value is -0.850. The first-order valence-corrected chi connectivity index (χ1v) is 5.51. The zero-order valence-corrected chi connectivity index (χ0v) is 11.1. The van der Waals surface area contributed by atoms with E-state index in [4.69, 9.17) is 9.47 Å². The summed E-state index contributed by atoms with van der Waals surface area (Å²) < 4.78 is 9.68. The Labute approximate surface area is 102 Å². The van der Waals surface area contributed by atoms with Crippen LogP contribution in [-0.2, 0) is 24.3 Å². The predicted octanol–water partition coefficient (Wildman–Crippen LogP) is 2.47. The molecule has 0 aromatic heterocycles. The van der Waals surface area contributed by atoms with Gasteiger partial charge in [-0.3, -0.25) is 0 Å². The molecule has 0 spiro atoms. The highest BCUT2D eigenvalue weighted by molar-refractivity contribution is 5.58. The van der Waals surface area contributed by atoms with E-state index < -0.39 is 6.16 Å². The highest BCUT2D eigenvalue weighted by Crippen LogP contribution is 2.12. The third kappa shape index (κ3) is 11.4. The van der Waals surface area contributed by atoms with Crippen LogP contribution < -0.4 is 0 Å². The molecule has 0 aliphatic carbocycles. The van der Waals surface area contributed by atoms with Crippen LogP contribution in [0.25, 0.3) is 0 Å². The van der Waals surface area contributed by atoms with Gasteiger partial charge in [-0.15, -0.1) is 0 Å². The molecule has 6 heteroatoms. The molecule has 0 aliphatic heterocycles. The molecule has 0 saturated carbocycles. The van der Waals surface area contributed by atoms with Crippen molar-refractivity contribution in [2.45, 2.75) is 40.2 Å². The van der Waals surface area contributed by atoms with Gasteiger partial charge in [0.1, 0.15) is 0 Å². The van der Waals surface area contributed by atoms with Gasteiger partial charge in [0.15, 0.2) is 0 Å². The highest BCUT2D eigenvalue weighted by atomic mass is 17.5. The van der Waals surface area contributed by atoms with Crippen LogP contribution in [0.3, 0.4) is 0 Å². The minimum atomic E-state index is -0.929. The summed E-state index contributed by atoms with van der Waals surface area (Å²) in [6.45, 7) is 8.26. The molecule has 1 atom stereocenters. The largest absolute Gasteiger partial charge is 0.542 e. The summed E-state index contributed by atoms with van der Waals surface area (Å²) in [5.74, 6) is 0. The van der Waals surface area contributed by atoms with E-state index in [0.717, 1.165) is 0 Å². The fraction of sp³-hybridized carbons (Fsp3) is 0.909. The molecule has 17 heavy (non-hydrogen) atoms. The second-order valence-electron chi connectivity index (χ2n) is 4.91. The van der Waals surface area contributed by atoms with Crippen molar-refractivity contribution in [3.63, 3.8) is 0 Å². The maximum absolute atomic E-state index is 10.9. The molecule has 0 heterocycles. The average Bonchev–Trinajstić information content (AvgIpc) is 2.23. The quantitative estimate of drug-likeness (QED) is 0.299. The molecule has 0 N–H and O–H groups in total. The SMILES string of the molecule is COC(C)CCOC(=O)OOOCC(C)(C)C. The summed E-state index contributed by atoms with van der Waals surface area (Å²) in [4.78, 5) is 19.8. The minimum absolute atomic E-state index is 0.0286. The van der Waals surface area contributed by atoms with E-state index >= 15 is 0 Å². The molecule has 0 amide bonds. The van der Waals surface area contributed by atoms with Crippen LogP contribution in [0.1, 0.15) is 34.1 Å². The number of carbonyl (C=O) groups excluding carboxylic acids is 1. The second kappa shape index (κ2) is 8.27. The number of rotatable bonds is 7. The Morgan fingerprint density at radius 2 is 1.94 bits per heavy atom. The molecule has 0 bridgehead atoms. The van der Waals surface area contributed by atoms with E-state index in [1.807, 2.05) is 27.7 Å². The standard InChI is InChI=1S/C11H22O6/c1-9(13-5)6-7-14-10(12)16-17-15-8-11(2,3)4/h9H,6-8H2,1-5H3. The van der Waals surface area contributed by atoms with Crippen molar-refractivity contribution in [2.24, 2.45) is 5.41 Å². The lowest BCUT2D eigenvalue weighted by Gasteiger charge is -2.15. The van der Waals surface area contributed by atoms with Crippen LogP contribution >= 0.6 is 0 Å². The zero-order valence-electron chi connectivity index (χ0n) is 11.1. The Morgan fingerprint density at radius 3 is 2.47 bits per heavy atom. The first-order chi connectivity index (χ1) is 7.85. The number of methoxy groups -OCH3 is 1. The van der Waals surface area contributed by atoms with Gasteiger partial charge in [0.2, 0.25) is 0 Å². The van der Waals surface area contributed by atoms with Crippen LogP contribution in [-0.4, -0.2) is 32.6 Å². The van der Waals surface area contributed by atoms with Crippen molar-refractivity contribution in [2.75, 3.05) is 20.3 Å². The van der Waals surface area contributed by atoms with Crippen LogP contribution in [0.5, 0.6) is 0 Å². The van der Waals surface area contributed by atoms with E-state index in [1.165, 1.54) is 0 Å². The van der Waals surface area contributed by atoms with E-state index in [-0.39, 0.29) is 18.1 Å². The smallest absolute Gasteiger partial charge is 0.432 e. The number of carbonyl (C=O) groups is 1. The summed E-state index contributed by atoms with van der Waals surface area (Å²) in [7, 11) is 1.59. The molecular formula is C11H22O6. The van der Waals surface area contributed by atoms with Crippen molar-refractivity contribution < 1.29 is 29.1 Å². The predicted molar refractivity (Wildman–Crippen MR) is 60.0 cm³/mol. The molecule has 0 aliphatic rings. The second-order valence-corrected chi connectivity index (χ2v) is 4.91. The van der Waals surface area contributed by atoms with Crippen LogP contribution in [0.4, 0.5) is 4.79 Å². The topological polar surface area (TPSA) is 63.2 Å². The van der Waals surface area contributed by atoms with Crippen LogP contribution in [0, 0.1) is 5.41 Å². The van der Waals surface area contributed by atoms with Crippen LogP contribution in [0.2, 0.25) is 0 Å². The monoisotopic (exact) mass is 250 g/mol. The van der Waals surface area contributed by atoms with Gasteiger partial charge >= 0.3 is 6.16 Å². The van der Waals surface area contributed by atoms with Gasteiger partial charge in [-0.1, -0.05) is 20.8 Å². The van der Waals surface area contributed by atoms with Gasteiger partial charge in [-0.2, -0.15) is 4.89 Å². The molecule has 0 aromatic rings. The lowest BCUT2D eigenvalue weighted by atomic mass is 9.99. The van der Waals surface area contributed by atoms with E-state index in [0.29, 0.717) is 13.0 Å². The third-order valence-electron chi connectivity index (χ3n) is 1.79. The van der Waals surface area contributed by atoms with Gasteiger partial charge < -0.3 is 9.47 Å². The molecule has 0 rings (SSSR count). The lowest BCUT2D eigenvalue weighted by Crippen LogP contribution is -2.17. The Balaban J connectivity index is 3.41. The van der Waals surface area contributed by atoms with E-state index in [9.17, 15) is 4.79 Å². The van der Waals surface area contributed by atoms with Gasteiger partial charge in [0, 0.05) is 13.5 Å². The molecule has 0 radical (unpaired) electrons. The molecule has 0 aromatic carbocycles. The molecule has 6 nitrogen and oxygen atoms in total. The first-order valence-electron chi connectivity index (χ1n) is 5.51. The number of hydrogen-bond acceptors (Lipinski definition) is 6. The van der Waals surface area contributed by atoms with Crippen molar-refractivity contribution >= 4 is 6.16 Å². The summed E-state index contributed by atoms with van der Waals surface area (Å²) in [6.07, 6.45) is -0.308. The maximum Gasteiger partial charge on any atom is 0.542 e. The van der Waals surface area contributed by atoms with Gasteiger partial charge in [0.25, 0.3) is 0 Å². The fourth-order valence-electron chi connectivity index (χ4n) is 0.703. The first kappa shape index (κ1) is 16.1. The molecule has 0 saturated heterocycles.